The average Bonchev–Trinajstić information content (AvgIpc) is 2.71. The number of dihydropyridines is 1. The van der Waals surface area contributed by atoms with Crippen LogP contribution in [0.1, 0.15) is 50.0 Å². The van der Waals surface area contributed by atoms with Gasteiger partial charge in [0.2, 0.25) is 0 Å². The minimum absolute atomic E-state index is 0.0787. The number of ether oxygens (including phenoxy) is 2. The SMILES string of the molecule is COc1cc(C2C3=C(CCCC3=O)NC3=C2C(=O)CCC3)ccc1OCC#N. The Bertz CT molecular complexity index is 910. The molecule has 0 radical (unpaired) electrons. The molecule has 28 heavy (non-hydrogen) atoms. The normalized spacial score (nSPS) is 19.6. The highest BCUT2D eigenvalue weighted by molar-refractivity contribution is 6.06. The zero-order valence-corrected chi connectivity index (χ0v) is 15.8. The fraction of sp³-hybridized carbons (Fsp3) is 0.409. The average molecular weight is 378 g/mol. The molecule has 144 valence electrons. The van der Waals surface area contributed by atoms with E-state index < -0.39 is 0 Å². The summed E-state index contributed by atoms with van der Waals surface area (Å²) in [4.78, 5) is 25.7. The van der Waals surface area contributed by atoms with E-state index in [1.807, 2.05) is 18.2 Å². The van der Waals surface area contributed by atoms with Gasteiger partial charge in [0.1, 0.15) is 6.07 Å². The first-order valence-corrected chi connectivity index (χ1v) is 9.61. The van der Waals surface area contributed by atoms with Gasteiger partial charge in [-0.15, -0.1) is 0 Å². The van der Waals surface area contributed by atoms with Gasteiger partial charge < -0.3 is 14.8 Å². The monoisotopic (exact) mass is 378 g/mol. The number of rotatable bonds is 4. The molecule has 0 spiro atoms. The predicted octanol–water partition coefficient (Wildman–Crippen LogP) is 3.30. The predicted molar refractivity (Wildman–Crippen MR) is 102 cm³/mol. The summed E-state index contributed by atoms with van der Waals surface area (Å²) in [6.45, 7) is -0.0787. The van der Waals surface area contributed by atoms with Crippen molar-refractivity contribution in [1.29, 1.82) is 5.26 Å². The third-order valence-corrected chi connectivity index (χ3v) is 5.60. The summed E-state index contributed by atoms with van der Waals surface area (Å²) >= 11 is 0. The minimum atomic E-state index is -0.370. The van der Waals surface area contributed by atoms with Crippen molar-refractivity contribution in [3.63, 3.8) is 0 Å². The van der Waals surface area contributed by atoms with Crippen LogP contribution in [0, 0.1) is 11.3 Å². The maximum Gasteiger partial charge on any atom is 0.174 e. The van der Waals surface area contributed by atoms with E-state index in [4.69, 9.17) is 14.7 Å². The number of nitrogens with zero attached hydrogens (tertiary/aromatic N) is 1. The maximum absolute atomic E-state index is 12.8. The number of benzene rings is 1. The minimum Gasteiger partial charge on any atom is -0.493 e. The van der Waals surface area contributed by atoms with E-state index in [0.717, 1.165) is 42.6 Å². The summed E-state index contributed by atoms with van der Waals surface area (Å²) in [6, 6.07) is 7.37. The van der Waals surface area contributed by atoms with Crippen LogP contribution in [0.3, 0.4) is 0 Å². The van der Waals surface area contributed by atoms with Gasteiger partial charge in [-0.25, -0.2) is 0 Å². The number of Topliss-reactive ketones (excluding diaryl/α,β-unsaturated/α-hetero) is 2. The smallest absolute Gasteiger partial charge is 0.174 e. The van der Waals surface area contributed by atoms with E-state index >= 15 is 0 Å². The summed E-state index contributed by atoms with van der Waals surface area (Å²) in [5.41, 5.74) is 4.19. The molecular formula is C22H22N2O4. The Labute approximate surface area is 163 Å². The van der Waals surface area contributed by atoms with Gasteiger partial charge in [-0.05, 0) is 43.4 Å². The largest absolute Gasteiger partial charge is 0.493 e. The van der Waals surface area contributed by atoms with Crippen LogP contribution < -0.4 is 14.8 Å². The third-order valence-electron chi connectivity index (χ3n) is 5.60. The van der Waals surface area contributed by atoms with Crippen LogP contribution in [0.4, 0.5) is 0 Å². The molecule has 0 bridgehead atoms. The van der Waals surface area contributed by atoms with Crippen molar-refractivity contribution in [2.24, 2.45) is 0 Å². The van der Waals surface area contributed by atoms with Crippen LogP contribution in [0.25, 0.3) is 0 Å². The molecule has 1 aliphatic heterocycles. The van der Waals surface area contributed by atoms with Gasteiger partial charge in [0.05, 0.1) is 7.11 Å². The van der Waals surface area contributed by atoms with E-state index in [1.165, 1.54) is 7.11 Å². The molecule has 2 aliphatic carbocycles. The van der Waals surface area contributed by atoms with E-state index in [9.17, 15) is 9.59 Å². The standard InChI is InChI=1S/C22H22N2O4/c1-27-19-12-13(8-9-18(19)28-11-10-23)20-21-14(4-2-6-16(21)25)24-15-5-3-7-17(26)22(15)20/h8-9,12,20,24H,2-7,11H2,1H3. The summed E-state index contributed by atoms with van der Waals surface area (Å²) in [6.07, 6.45) is 4.32. The topological polar surface area (TPSA) is 88.4 Å². The van der Waals surface area contributed by atoms with Crippen molar-refractivity contribution < 1.29 is 19.1 Å². The first kappa shape index (κ1) is 18.3. The number of allylic oxidation sites excluding steroid dienone is 4. The zero-order valence-electron chi connectivity index (χ0n) is 15.8. The summed E-state index contributed by atoms with van der Waals surface area (Å²) in [7, 11) is 1.54. The van der Waals surface area contributed by atoms with E-state index in [1.54, 1.807) is 6.07 Å². The number of hydrogen-bond donors (Lipinski definition) is 1. The Morgan fingerprint density at radius 1 is 1.04 bits per heavy atom. The van der Waals surface area contributed by atoms with Crippen molar-refractivity contribution >= 4 is 11.6 Å². The Hall–Kier alpha value is -3.07. The van der Waals surface area contributed by atoms with Crippen LogP contribution in [0.15, 0.2) is 40.7 Å². The van der Waals surface area contributed by atoms with E-state index in [0.29, 0.717) is 35.5 Å². The zero-order chi connectivity index (χ0) is 19.7. The van der Waals surface area contributed by atoms with Gasteiger partial charge >= 0.3 is 0 Å². The summed E-state index contributed by atoms with van der Waals surface area (Å²) in [5.74, 6) is 0.794. The van der Waals surface area contributed by atoms with Crippen LogP contribution in [-0.2, 0) is 9.59 Å². The fourth-order valence-electron chi connectivity index (χ4n) is 4.41. The third kappa shape index (κ3) is 3.07. The van der Waals surface area contributed by atoms with E-state index in [-0.39, 0.29) is 24.1 Å². The number of methoxy groups -OCH3 is 1. The number of hydrogen-bond acceptors (Lipinski definition) is 6. The first-order chi connectivity index (χ1) is 13.6. The molecule has 1 N–H and O–H groups in total. The Morgan fingerprint density at radius 2 is 1.68 bits per heavy atom. The molecule has 1 aromatic carbocycles. The first-order valence-electron chi connectivity index (χ1n) is 9.61. The highest BCUT2D eigenvalue weighted by Gasteiger charge is 2.40. The Morgan fingerprint density at radius 3 is 2.25 bits per heavy atom. The molecule has 6 heteroatoms. The van der Waals surface area contributed by atoms with Gasteiger partial charge in [0, 0.05) is 41.3 Å². The molecule has 6 nitrogen and oxygen atoms in total. The molecule has 4 rings (SSSR count). The molecule has 1 aromatic rings. The lowest BCUT2D eigenvalue weighted by molar-refractivity contribution is -0.116. The van der Waals surface area contributed by atoms with Gasteiger partial charge in [0.25, 0.3) is 0 Å². The van der Waals surface area contributed by atoms with Crippen molar-refractivity contribution in [3.05, 3.63) is 46.3 Å². The van der Waals surface area contributed by atoms with Gasteiger partial charge in [0.15, 0.2) is 29.7 Å². The highest BCUT2D eigenvalue weighted by Crippen LogP contribution is 2.46. The van der Waals surface area contributed by atoms with Crippen LogP contribution in [0.5, 0.6) is 11.5 Å². The summed E-state index contributed by atoms with van der Waals surface area (Å²) in [5, 5.41) is 12.2. The molecule has 0 fully saturated rings. The second-order valence-corrected chi connectivity index (χ2v) is 7.25. The van der Waals surface area contributed by atoms with E-state index in [2.05, 4.69) is 5.32 Å². The number of nitriles is 1. The lowest BCUT2D eigenvalue weighted by Crippen LogP contribution is -2.36. The van der Waals surface area contributed by atoms with Crippen molar-refractivity contribution in [2.75, 3.05) is 13.7 Å². The molecule has 0 saturated carbocycles. The number of ketones is 2. The summed E-state index contributed by atoms with van der Waals surface area (Å²) < 4.78 is 10.9. The van der Waals surface area contributed by atoms with Gasteiger partial charge in [-0.3, -0.25) is 9.59 Å². The highest BCUT2D eigenvalue weighted by atomic mass is 16.5. The molecule has 1 heterocycles. The number of carbonyl (C=O) groups is 2. The van der Waals surface area contributed by atoms with Crippen molar-refractivity contribution in [3.8, 4) is 17.6 Å². The van der Waals surface area contributed by atoms with Crippen molar-refractivity contribution in [2.45, 2.75) is 44.4 Å². The number of carbonyl (C=O) groups excluding carboxylic acids is 2. The van der Waals surface area contributed by atoms with Gasteiger partial charge in [-0.1, -0.05) is 6.07 Å². The molecule has 0 unspecified atom stereocenters. The second kappa shape index (κ2) is 7.51. The molecule has 0 saturated heterocycles. The second-order valence-electron chi connectivity index (χ2n) is 7.25. The Kier molecular flexibility index (Phi) is 4.91. The quantitative estimate of drug-likeness (QED) is 0.865. The lowest BCUT2D eigenvalue weighted by atomic mass is 9.71. The lowest BCUT2D eigenvalue weighted by Gasteiger charge is -2.37. The van der Waals surface area contributed by atoms with Crippen LogP contribution in [0.2, 0.25) is 0 Å². The van der Waals surface area contributed by atoms with Gasteiger partial charge in [-0.2, -0.15) is 5.26 Å². The molecule has 3 aliphatic rings. The molecule has 0 amide bonds. The Balaban J connectivity index is 1.84. The van der Waals surface area contributed by atoms with Crippen LogP contribution in [-0.4, -0.2) is 25.3 Å². The molecule has 0 atom stereocenters. The van der Waals surface area contributed by atoms with Crippen molar-refractivity contribution in [1.82, 2.24) is 5.32 Å². The number of nitrogens with one attached hydrogen (secondary N) is 1. The van der Waals surface area contributed by atoms with Crippen LogP contribution >= 0.6 is 0 Å². The maximum atomic E-state index is 12.8. The fourth-order valence-corrected chi connectivity index (χ4v) is 4.41. The molecular weight excluding hydrogens is 356 g/mol. The molecule has 0 aromatic heterocycles.